The number of aliphatic hydroxyl groups excluding tert-OH is 1. The maximum absolute atomic E-state index is 9.80. The fourth-order valence-electron chi connectivity index (χ4n) is 2.10. The first-order valence-corrected chi connectivity index (χ1v) is 8.34. The van der Waals surface area contributed by atoms with Crippen LogP contribution in [0.5, 0.6) is 5.75 Å². The van der Waals surface area contributed by atoms with E-state index in [1.807, 2.05) is 12.1 Å². The summed E-state index contributed by atoms with van der Waals surface area (Å²) in [6.07, 6.45) is 3.13. The van der Waals surface area contributed by atoms with Gasteiger partial charge in [-0.2, -0.15) is 0 Å². The van der Waals surface area contributed by atoms with Crippen molar-refractivity contribution in [3.8, 4) is 5.75 Å². The predicted octanol–water partition coefficient (Wildman–Crippen LogP) is 2.97. The van der Waals surface area contributed by atoms with Crippen LogP contribution in [-0.2, 0) is 11.2 Å². The largest absolute Gasteiger partial charge is 0.491 e. The fourth-order valence-corrected chi connectivity index (χ4v) is 2.10. The van der Waals surface area contributed by atoms with Crippen LogP contribution >= 0.6 is 17.0 Å². The molecule has 5 heteroatoms. The molecule has 1 aliphatic carbocycles. The number of ether oxygens (including phenoxy) is 2. The van der Waals surface area contributed by atoms with Gasteiger partial charge in [0.1, 0.15) is 18.5 Å². The van der Waals surface area contributed by atoms with E-state index in [4.69, 9.17) is 9.47 Å². The minimum absolute atomic E-state index is 0. The molecule has 1 aromatic carbocycles. The number of halogens is 1. The highest BCUT2D eigenvalue weighted by molar-refractivity contribution is 8.93. The summed E-state index contributed by atoms with van der Waals surface area (Å²) < 4.78 is 11.2. The Bertz CT molecular complexity index is 421. The maximum Gasteiger partial charge on any atom is 0.119 e. The zero-order chi connectivity index (χ0) is 15.8. The van der Waals surface area contributed by atoms with Crippen LogP contribution in [0.15, 0.2) is 24.3 Å². The highest BCUT2D eigenvalue weighted by Crippen LogP contribution is 2.28. The molecule has 0 heterocycles. The molecule has 0 spiro atoms. The molecule has 132 valence electrons. The summed E-state index contributed by atoms with van der Waals surface area (Å²) >= 11 is 0. The van der Waals surface area contributed by atoms with Gasteiger partial charge >= 0.3 is 0 Å². The van der Waals surface area contributed by atoms with Crippen molar-refractivity contribution in [3.05, 3.63) is 29.8 Å². The maximum atomic E-state index is 9.80. The lowest BCUT2D eigenvalue weighted by Crippen LogP contribution is -2.35. The molecule has 1 unspecified atom stereocenters. The van der Waals surface area contributed by atoms with Crippen LogP contribution in [0.4, 0.5) is 0 Å². The molecule has 0 saturated heterocycles. The van der Waals surface area contributed by atoms with Gasteiger partial charge in [0.15, 0.2) is 0 Å². The quantitative estimate of drug-likeness (QED) is 0.573. The first kappa shape index (κ1) is 20.4. The average molecular weight is 388 g/mol. The summed E-state index contributed by atoms with van der Waals surface area (Å²) in [6, 6.07) is 8.41. The minimum Gasteiger partial charge on any atom is -0.491 e. The summed E-state index contributed by atoms with van der Waals surface area (Å²) in [5.41, 5.74) is 1.25. The van der Waals surface area contributed by atoms with Gasteiger partial charge in [0, 0.05) is 19.2 Å². The number of hydrogen-bond acceptors (Lipinski definition) is 4. The molecule has 1 fully saturated rings. The molecule has 23 heavy (non-hydrogen) atoms. The number of rotatable bonds is 11. The van der Waals surface area contributed by atoms with E-state index in [1.165, 1.54) is 18.4 Å². The molecule has 1 saturated carbocycles. The van der Waals surface area contributed by atoms with Crippen molar-refractivity contribution in [2.24, 2.45) is 5.92 Å². The van der Waals surface area contributed by atoms with E-state index in [9.17, 15) is 5.11 Å². The highest BCUT2D eigenvalue weighted by Gasteiger charge is 2.20. The molecule has 0 aliphatic heterocycles. The van der Waals surface area contributed by atoms with Gasteiger partial charge in [-0.05, 0) is 42.9 Å². The summed E-state index contributed by atoms with van der Waals surface area (Å²) in [5, 5.41) is 13.0. The summed E-state index contributed by atoms with van der Waals surface area (Å²) in [4.78, 5) is 0. The second-order valence-corrected chi connectivity index (χ2v) is 6.44. The van der Waals surface area contributed by atoms with Gasteiger partial charge in [0.05, 0.1) is 6.61 Å². The number of nitrogens with one attached hydrogen (secondary N) is 1. The van der Waals surface area contributed by atoms with Gasteiger partial charge in [-0.15, -0.1) is 17.0 Å². The van der Waals surface area contributed by atoms with Gasteiger partial charge in [0.25, 0.3) is 0 Å². The van der Waals surface area contributed by atoms with Crippen LogP contribution in [-0.4, -0.2) is 43.6 Å². The van der Waals surface area contributed by atoms with Crippen LogP contribution in [0.2, 0.25) is 0 Å². The van der Waals surface area contributed by atoms with Crippen molar-refractivity contribution < 1.29 is 14.6 Å². The Labute approximate surface area is 150 Å². The van der Waals surface area contributed by atoms with Crippen molar-refractivity contribution in [1.82, 2.24) is 5.32 Å². The van der Waals surface area contributed by atoms with Crippen LogP contribution in [0.25, 0.3) is 0 Å². The molecule has 2 rings (SSSR count). The van der Waals surface area contributed by atoms with Crippen molar-refractivity contribution in [2.45, 2.75) is 45.3 Å². The monoisotopic (exact) mass is 387 g/mol. The van der Waals surface area contributed by atoms with Gasteiger partial charge < -0.3 is 19.9 Å². The fraction of sp³-hybridized carbons (Fsp3) is 0.667. The standard InChI is InChI=1S/C18H29NO3.BrH/c1-14(2)19-11-17(20)13-22-18-7-5-15(6-8-18)9-10-21-12-16-3-4-16;/h5-8,14,16-17,19-20H,3-4,9-13H2,1-2H3;1H. The highest BCUT2D eigenvalue weighted by atomic mass is 79.9. The topological polar surface area (TPSA) is 50.7 Å². The predicted molar refractivity (Wildman–Crippen MR) is 98.7 cm³/mol. The minimum atomic E-state index is -0.488. The first-order valence-electron chi connectivity index (χ1n) is 8.34. The van der Waals surface area contributed by atoms with Crippen LogP contribution in [0.3, 0.4) is 0 Å². The molecule has 4 nitrogen and oxygen atoms in total. The van der Waals surface area contributed by atoms with Gasteiger partial charge in [-0.1, -0.05) is 26.0 Å². The molecule has 0 radical (unpaired) electrons. The van der Waals surface area contributed by atoms with E-state index in [0.717, 1.165) is 31.3 Å². The Kier molecular flexibility index (Phi) is 9.79. The van der Waals surface area contributed by atoms with E-state index in [1.54, 1.807) is 0 Å². The molecule has 1 atom stereocenters. The number of benzene rings is 1. The smallest absolute Gasteiger partial charge is 0.119 e. The third-order valence-corrected chi connectivity index (χ3v) is 3.71. The lowest BCUT2D eigenvalue weighted by Gasteiger charge is -2.15. The summed E-state index contributed by atoms with van der Waals surface area (Å²) in [6.45, 7) is 6.68. The Morgan fingerprint density at radius 1 is 1.22 bits per heavy atom. The van der Waals surface area contributed by atoms with Gasteiger partial charge in [0.2, 0.25) is 0 Å². The Balaban J connectivity index is 0.00000264. The zero-order valence-electron chi connectivity index (χ0n) is 14.2. The summed E-state index contributed by atoms with van der Waals surface area (Å²) in [7, 11) is 0. The van der Waals surface area contributed by atoms with E-state index in [-0.39, 0.29) is 17.0 Å². The second-order valence-electron chi connectivity index (χ2n) is 6.44. The van der Waals surface area contributed by atoms with Crippen molar-refractivity contribution in [3.63, 3.8) is 0 Å². The Morgan fingerprint density at radius 3 is 2.52 bits per heavy atom. The van der Waals surface area contributed by atoms with Crippen molar-refractivity contribution in [2.75, 3.05) is 26.4 Å². The molecule has 0 bridgehead atoms. The summed E-state index contributed by atoms with van der Waals surface area (Å²) in [5.74, 6) is 1.62. The molecule has 2 N–H and O–H groups in total. The first-order chi connectivity index (χ1) is 10.6. The van der Waals surface area contributed by atoms with Gasteiger partial charge in [-0.3, -0.25) is 0 Å². The van der Waals surface area contributed by atoms with E-state index in [2.05, 4.69) is 31.3 Å². The molecule has 1 aromatic rings. The van der Waals surface area contributed by atoms with Crippen molar-refractivity contribution >= 4 is 17.0 Å². The van der Waals surface area contributed by atoms with Crippen LogP contribution in [0.1, 0.15) is 32.3 Å². The lowest BCUT2D eigenvalue weighted by molar-refractivity contribution is 0.104. The molecule has 0 amide bonds. The lowest BCUT2D eigenvalue weighted by atomic mass is 10.1. The Hall–Kier alpha value is -0.620. The molecule has 1 aliphatic rings. The molecular formula is C18H30BrNO3. The average Bonchev–Trinajstić information content (AvgIpc) is 3.33. The zero-order valence-corrected chi connectivity index (χ0v) is 15.9. The van der Waals surface area contributed by atoms with Crippen molar-refractivity contribution in [1.29, 1.82) is 0 Å². The van der Waals surface area contributed by atoms with Crippen LogP contribution in [0, 0.1) is 5.92 Å². The van der Waals surface area contributed by atoms with E-state index < -0.39 is 6.10 Å². The van der Waals surface area contributed by atoms with Crippen LogP contribution < -0.4 is 10.1 Å². The normalized spacial score (nSPS) is 15.3. The van der Waals surface area contributed by atoms with E-state index in [0.29, 0.717) is 19.2 Å². The number of aliphatic hydroxyl groups is 1. The SMILES string of the molecule is Br.CC(C)NCC(O)COc1ccc(CCOCC2CC2)cc1. The molecule has 0 aromatic heterocycles. The molecular weight excluding hydrogens is 358 g/mol. The third-order valence-electron chi connectivity index (χ3n) is 3.71. The van der Waals surface area contributed by atoms with Gasteiger partial charge in [-0.25, -0.2) is 0 Å². The third kappa shape index (κ3) is 9.30. The Morgan fingerprint density at radius 2 is 1.91 bits per heavy atom. The number of hydrogen-bond donors (Lipinski definition) is 2. The second kappa shape index (κ2) is 11.0. The van der Waals surface area contributed by atoms with E-state index >= 15 is 0 Å².